The number of hydrogen-bond acceptors (Lipinski definition) is 6. The van der Waals surface area contributed by atoms with Crippen molar-refractivity contribution >= 4 is 11.3 Å². The minimum atomic E-state index is 0.291. The topological polar surface area (TPSA) is 46.6 Å². The molecule has 1 fully saturated rings. The normalized spacial score (nSPS) is 18.6. The van der Waals surface area contributed by atoms with Crippen LogP contribution in [0.1, 0.15) is 18.2 Å². The van der Waals surface area contributed by atoms with Crippen molar-refractivity contribution in [2.75, 3.05) is 32.8 Å². The molecule has 1 saturated heterocycles. The van der Waals surface area contributed by atoms with E-state index in [0.717, 1.165) is 50.8 Å². The van der Waals surface area contributed by atoms with Crippen molar-refractivity contribution in [1.29, 1.82) is 0 Å². The molecule has 1 atom stereocenters. The molecule has 3 rings (SSSR count). The summed E-state index contributed by atoms with van der Waals surface area (Å²) in [5.41, 5.74) is 4.04. The molecular formula is C18H25N3O2S. The predicted octanol–water partition coefficient (Wildman–Crippen LogP) is 2.53. The van der Waals surface area contributed by atoms with E-state index in [-0.39, 0.29) is 0 Å². The van der Waals surface area contributed by atoms with E-state index in [4.69, 9.17) is 9.47 Å². The van der Waals surface area contributed by atoms with Gasteiger partial charge in [-0.3, -0.25) is 4.90 Å². The van der Waals surface area contributed by atoms with Crippen LogP contribution in [0.2, 0.25) is 0 Å². The van der Waals surface area contributed by atoms with Gasteiger partial charge in [-0.25, -0.2) is 4.98 Å². The minimum absolute atomic E-state index is 0.291. The summed E-state index contributed by atoms with van der Waals surface area (Å²) in [6.07, 6.45) is 0.291. The Morgan fingerprint density at radius 2 is 2.25 bits per heavy atom. The Morgan fingerprint density at radius 3 is 3.00 bits per heavy atom. The molecule has 2 aromatic rings. The zero-order chi connectivity index (χ0) is 16.6. The minimum Gasteiger partial charge on any atom is -0.487 e. The number of aromatic nitrogens is 1. The molecule has 0 bridgehead atoms. The van der Waals surface area contributed by atoms with Crippen LogP contribution in [-0.4, -0.2) is 48.8 Å². The van der Waals surface area contributed by atoms with E-state index in [1.54, 1.807) is 11.3 Å². The second-order valence-corrected chi connectivity index (χ2v) is 6.65. The van der Waals surface area contributed by atoms with Crippen LogP contribution in [0.15, 0.2) is 35.2 Å². The van der Waals surface area contributed by atoms with Gasteiger partial charge in [0.15, 0.2) is 0 Å². The van der Waals surface area contributed by atoms with Crippen LogP contribution in [0, 0.1) is 0 Å². The monoisotopic (exact) mass is 347 g/mol. The number of rotatable bonds is 8. The summed E-state index contributed by atoms with van der Waals surface area (Å²) < 4.78 is 11.5. The van der Waals surface area contributed by atoms with E-state index in [9.17, 15) is 0 Å². The highest BCUT2D eigenvalue weighted by Gasteiger charge is 2.18. The van der Waals surface area contributed by atoms with Crippen molar-refractivity contribution in [1.82, 2.24) is 15.2 Å². The predicted molar refractivity (Wildman–Crippen MR) is 96.4 cm³/mol. The molecular weight excluding hydrogens is 322 g/mol. The van der Waals surface area contributed by atoms with Crippen molar-refractivity contribution in [2.45, 2.75) is 26.2 Å². The third-order valence-electron chi connectivity index (χ3n) is 4.16. The standard InChI is InChI=1S/C18H25N3O2S/c1-2-21-7-8-22-18(11-21)10-19-9-15-3-5-17(6-4-15)23-12-16-13-24-14-20-16/h3-6,13-14,18-19H,2,7-12H2,1H3/t18-/m0/s1. The molecule has 130 valence electrons. The van der Waals surface area contributed by atoms with Gasteiger partial charge in [0.1, 0.15) is 12.4 Å². The lowest BCUT2D eigenvalue weighted by molar-refractivity contribution is -0.0253. The van der Waals surface area contributed by atoms with Crippen molar-refractivity contribution in [2.24, 2.45) is 0 Å². The summed E-state index contributed by atoms with van der Waals surface area (Å²) >= 11 is 1.59. The van der Waals surface area contributed by atoms with E-state index in [1.807, 2.05) is 23.0 Å². The molecule has 5 nitrogen and oxygen atoms in total. The first-order chi connectivity index (χ1) is 11.8. The van der Waals surface area contributed by atoms with E-state index in [0.29, 0.717) is 12.7 Å². The van der Waals surface area contributed by atoms with Gasteiger partial charge in [0, 0.05) is 31.6 Å². The molecule has 1 aliphatic heterocycles. The summed E-state index contributed by atoms with van der Waals surface area (Å²) in [5.74, 6) is 0.876. The van der Waals surface area contributed by atoms with Crippen molar-refractivity contribution < 1.29 is 9.47 Å². The Balaban J connectivity index is 1.38. The molecule has 0 radical (unpaired) electrons. The average Bonchev–Trinajstić information content (AvgIpc) is 3.15. The zero-order valence-corrected chi connectivity index (χ0v) is 14.9. The second kappa shape index (κ2) is 9.13. The Morgan fingerprint density at radius 1 is 1.38 bits per heavy atom. The molecule has 1 N–H and O–H groups in total. The lowest BCUT2D eigenvalue weighted by Crippen LogP contribution is -2.46. The lowest BCUT2D eigenvalue weighted by atomic mass is 10.2. The molecule has 1 aliphatic rings. The van der Waals surface area contributed by atoms with Gasteiger partial charge in [-0.2, -0.15) is 0 Å². The summed E-state index contributed by atoms with van der Waals surface area (Å²) in [5, 5.41) is 5.49. The molecule has 1 aromatic heterocycles. The van der Waals surface area contributed by atoms with Crippen LogP contribution < -0.4 is 10.1 Å². The molecule has 0 spiro atoms. The third-order valence-corrected chi connectivity index (χ3v) is 4.80. The number of thiazole rings is 1. The number of ether oxygens (including phenoxy) is 2. The number of nitrogens with one attached hydrogen (secondary N) is 1. The summed E-state index contributed by atoms with van der Waals surface area (Å²) in [6, 6.07) is 8.23. The molecule has 24 heavy (non-hydrogen) atoms. The number of morpholine rings is 1. The van der Waals surface area contributed by atoms with Gasteiger partial charge < -0.3 is 14.8 Å². The van der Waals surface area contributed by atoms with E-state index >= 15 is 0 Å². The number of benzene rings is 1. The van der Waals surface area contributed by atoms with Crippen LogP contribution >= 0.6 is 11.3 Å². The SMILES string of the molecule is CCN1CCO[C@@H](CNCc2ccc(OCc3cscn3)cc2)C1. The van der Waals surface area contributed by atoms with Gasteiger partial charge in [0.25, 0.3) is 0 Å². The molecule has 2 heterocycles. The number of nitrogens with zero attached hydrogens (tertiary/aromatic N) is 2. The van der Waals surface area contributed by atoms with Gasteiger partial charge >= 0.3 is 0 Å². The van der Waals surface area contributed by atoms with Crippen molar-refractivity contribution in [3.8, 4) is 5.75 Å². The highest BCUT2D eigenvalue weighted by Crippen LogP contribution is 2.14. The van der Waals surface area contributed by atoms with Gasteiger partial charge in [0.2, 0.25) is 0 Å². The summed E-state index contributed by atoms with van der Waals surface area (Å²) in [7, 11) is 0. The molecule has 0 saturated carbocycles. The van der Waals surface area contributed by atoms with Crippen LogP contribution in [0.4, 0.5) is 0 Å². The zero-order valence-electron chi connectivity index (χ0n) is 14.1. The van der Waals surface area contributed by atoms with Crippen molar-refractivity contribution in [3.05, 3.63) is 46.4 Å². The first-order valence-corrected chi connectivity index (χ1v) is 9.41. The van der Waals surface area contributed by atoms with Crippen LogP contribution in [0.3, 0.4) is 0 Å². The molecule has 0 amide bonds. The second-order valence-electron chi connectivity index (χ2n) is 5.93. The third kappa shape index (κ3) is 5.27. The fraction of sp³-hybridized carbons (Fsp3) is 0.500. The van der Waals surface area contributed by atoms with Gasteiger partial charge in [-0.1, -0.05) is 19.1 Å². The van der Waals surface area contributed by atoms with E-state index in [1.165, 1.54) is 5.56 Å². The Hall–Kier alpha value is -1.47. The summed E-state index contributed by atoms with van der Waals surface area (Å²) in [6.45, 7) is 8.47. The fourth-order valence-electron chi connectivity index (χ4n) is 2.74. The maximum atomic E-state index is 5.81. The summed E-state index contributed by atoms with van der Waals surface area (Å²) in [4.78, 5) is 6.65. The maximum absolute atomic E-state index is 5.81. The van der Waals surface area contributed by atoms with E-state index < -0.39 is 0 Å². The Labute approximate surface area is 147 Å². The largest absolute Gasteiger partial charge is 0.487 e. The first-order valence-electron chi connectivity index (χ1n) is 8.47. The number of likely N-dealkylation sites (N-methyl/N-ethyl adjacent to an activating group) is 1. The smallest absolute Gasteiger partial charge is 0.131 e. The van der Waals surface area contributed by atoms with Gasteiger partial charge in [-0.15, -0.1) is 11.3 Å². The van der Waals surface area contributed by atoms with Crippen LogP contribution in [0.25, 0.3) is 0 Å². The van der Waals surface area contributed by atoms with Gasteiger partial charge in [0.05, 0.1) is 23.9 Å². The maximum Gasteiger partial charge on any atom is 0.131 e. The fourth-order valence-corrected chi connectivity index (χ4v) is 3.28. The molecule has 1 aromatic carbocycles. The lowest BCUT2D eigenvalue weighted by Gasteiger charge is -2.32. The highest BCUT2D eigenvalue weighted by molar-refractivity contribution is 7.07. The average molecular weight is 347 g/mol. The van der Waals surface area contributed by atoms with Crippen LogP contribution in [-0.2, 0) is 17.9 Å². The molecule has 6 heteroatoms. The number of hydrogen-bond donors (Lipinski definition) is 1. The quantitative estimate of drug-likeness (QED) is 0.795. The first kappa shape index (κ1) is 17.4. The van der Waals surface area contributed by atoms with Crippen LogP contribution in [0.5, 0.6) is 5.75 Å². The van der Waals surface area contributed by atoms with Gasteiger partial charge in [-0.05, 0) is 24.2 Å². The Bertz CT molecular complexity index is 589. The Kier molecular flexibility index (Phi) is 6.60. The van der Waals surface area contributed by atoms with Crippen molar-refractivity contribution in [3.63, 3.8) is 0 Å². The van der Waals surface area contributed by atoms with E-state index in [2.05, 4.69) is 34.3 Å². The highest BCUT2D eigenvalue weighted by atomic mass is 32.1. The molecule has 0 unspecified atom stereocenters. The molecule has 0 aliphatic carbocycles.